The van der Waals surface area contributed by atoms with Gasteiger partial charge in [-0.25, -0.2) is 4.79 Å². The number of nitrogens with zero attached hydrogens (tertiary/aromatic N) is 1. The lowest BCUT2D eigenvalue weighted by Gasteiger charge is -2.25. The zero-order valence-electron chi connectivity index (χ0n) is 12.1. The zero-order chi connectivity index (χ0) is 14.9. The van der Waals surface area contributed by atoms with Crippen LogP contribution in [-0.2, 0) is 4.79 Å². The first-order chi connectivity index (χ1) is 8.72. The third-order valence-corrected chi connectivity index (χ3v) is 2.56. The van der Waals surface area contributed by atoms with Gasteiger partial charge in [0.1, 0.15) is 0 Å². The van der Waals surface area contributed by atoms with Gasteiger partial charge in [-0.1, -0.05) is 12.8 Å². The van der Waals surface area contributed by atoms with E-state index in [0.29, 0.717) is 13.0 Å². The molecule has 0 aromatic carbocycles. The number of nitrogens with one attached hydrogen (secondary N) is 1. The molecular formula is C13H26N2O4. The monoisotopic (exact) mass is 274 g/mol. The lowest BCUT2D eigenvalue weighted by molar-refractivity contribution is -0.137. The Hall–Kier alpha value is -1.30. The normalized spacial score (nSPS) is 11.2. The Morgan fingerprint density at radius 1 is 1.16 bits per heavy atom. The molecule has 6 nitrogen and oxygen atoms in total. The largest absolute Gasteiger partial charge is 0.481 e. The van der Waals surface area contributed by atoms with Gasteiger partial charge in [-0.2, -0.15) is 0 Å². The van der Waals surface area contributed by atoms with Crippen molar-refractivity contribution in [3.05, 3.63) is 0 Å². The lowest BCUT2D eigenvalue weighted by Crippen LogP contribution is -2.44. The molecule has 0 fully saturated rings. The van der Waals surface area contributed by atoms with Crippen molar-refractivity contribution in [2.75, 3.05) is 20.1 Å². The van der Waals surface area contributed by atoms with E-state index in [4.69, 9.17) is 5.11 Å². The first-order valence-corrected chi connectivity index (χ1v) is 6.65. The predicted molar refractivity (Wildman–Crippen MR) is 73.0 cm³/mol. The van der Waals surface area contributed by atoms with Crippen LogP contribution in [0.1, 0.15) is 46.0 Å². The quantitative estimate of drug-likeness (QED) is 0.555. The number of unbranched alkanes of at least 4 members (excludes halogenated alkanes) is 3. The van der Waals surface area contributed by atoms with E-state index in [-0.39, 0.29) is 19.0 Å². The highest BCUT2D eigenvalue weighted by Crippen LogP contribution is 2.04. The Labute approximate surface area is 114 Å². The molecule has 0 aliphatic rings. The van der Waals surface area contributed by atoms with Gasteiger partial charge in [0.05, 0.1) is 12.1 Å². The molecular weight excluding hydrogens is 248 g/mol. The second-order valence-corrected chi connectivity index (χ2v) is 5.46. The number of carboxylic acids is 1. The van der Waals surface area contributed by atoms with Gasteiger partial charge in [-0.05, 0) is 26.7 Å². The lowest BCUT2D eigenvalue weighted by atomic mass is 10.1. The van der Waals surface area contributed by atoms with Crippen molar-refractivity contribution in [3.63, 3.8) is 0 Å². The maximum atomic E-state index is 11.6. The minimum absolute atomic E-state index is 0.201. The molecule has 19 heavy (non-hydrogen) atoms. The van der Waals surface area contributed by atoms with Gasteiger partial charge in [-0.3, -0.25) is 4.79 Å². The maximum absolute atomic E-state index is 11.6. The molecule has 0 rings (SSSR count). The summed E-state index contributed by atoms with van der Waals surface area (Å²) in [5.41, 5.74) is -0.900. The second-order valence-electron chi connectivity index (χ2n) is 5.46. The molecule has 0 aromatic heterocycles. The Morgan fingerprint density at radius 3 is 2.26 bits per heavy atom. The van der Waals surface area contributed by atoms with Crippen LogP contribution in [0.5, 0.6) is 0 Å². The van der Waals surface area contributed by atoms with E-state index >= 15 is 0 Å². The van der Waals surface area contributed by atoms with Crippen LogP contribution in [0.3, 0.4) is 0 Å². The van der Waals surface area contributed by atoms with Gasteiger partial charge in [0.2, 0.25) is 0 Å². The van der Waals surface area contributed by atoms with E-state index in [2.05, 4.69) is 5.32 Å². The summed E-state index contributed by atoms with van der Waals surface area (Å²) in [4.78, 5) is 23.4. The maximum Gasteiger partial charge on any atom is 0.317 e. The topological polar surface area (TPSA) is 89.9 Å². The summed E-state index contributed by atoms with van der Waals surface area (Å²) in [6.07, 6.45) is 3.49. The number of hydrogen-bond acceptors (Lipinski definition) is 3. The van der Waals surface area contributed by atoms with Crippen LogP contribution in [0.15, 0.2) is 0 Å². The minimum Gasteiger partial charge on any atom is -0.481 e. The number of amides is 2. The number of urea groups is 1. The molecule has 0 aromatic rings. The fraction of sp³-hybridized carbons (Fsp3) is 0.846. The Bertz CT molecular complexity index is 287. The van der Waals surface area contributed by atoms with Crippen molar-refractivity contribution >= 4 is 12.0 Å². The number of likely N-dealkylation sites (N-methyl/N-ethyl adjacent to an activating group) is 1. The molecule has 0 aliphatic heterocycles. The molecule has 112 valence electrons. The van der Waals surface area contributed by atoms with Crippen LogP contribution in [0, 0.1) is 0 Å². The molecule has 0 aliphatic carbocycles. The van der Waals surface area contributed by atoms with Crippen molar-refractivity contribution in [1.82, 2.24) is 10.2 Å². The highest BCUT2D eigenvalue weighted by Gasteiger charge is 2.18. The van der Waals surface area contributed by atoms with Gasteiger partial charge in [0.25, 0.3) is 0 Å². The number of aliphatic hydroxyl groups is 1. The van der Waals surface area contributed by atoms with E-state index in [0.717, 1.165) is 19.3 Å². The van der Waals surface area contributed by atoms with Crippen molar-refractivity contribution in [2.24, 2.45) is 0 Å². The average molecular weight is 274 g/mol. The molecule has 6 heteroatoms. The molecule has 0 radical (unpaired) electrons. The number of carbonyl (C=O) groups excluding carboxylic acids is 1. The van der Waals surface area contributed by atoms with Crippen LogP contribution in [0.4, 0.5) is 4.79 Å². The first-order valence-electron chi connectivity index (χ1n) is 6.65. The summed E-state index contributed by atoms with van der Waals surface area (Å²) >= 11 is 0. The van der Waals surface area contributed by atoms with Crippen LogP contribution < -0.4 is 5.32 Å². The SMILES string of the molecule is CN(CC(C)(C)O)C(=O)NCCCCCCC(=O)O. The van der Waals surface area contributed by atoms with Gasteiger partial charge >= 0.3 is 12.0 Å². The summed E-state index contributed by atoms with van der Waals surface area (Å²) in [7, 11) is 1.64. The number of aliphatic carboxylic acids is 1. The fourth-order valence-electron chi connectivity index (χ4n) is 1.74. The zero-order valence-corrected chi connectivity index (χ0v) is 12.1. The van der Waals surface area contributed by atoms with Crippen LogP contribution in [-0.4, -0.2) is 52.9 Å². The van der Waals surface area contributed by atoms with E-state index in [1.54, 1.807) is 20.9 Å². The number of carboxylic acid groups (broad SMARTS) is 1. The molecule has 2 amide bonds. The highest BCUT2D eigenvalue weighted by molar-refractivity contribution is 5.73. The molecule has 0 atom stereocenters. The second kappa shape index (κ2) is 8.74. The molecule has 0 bridgehead atoms. The van der Waals surface area contributed by atoms with E-state index in [1.165, 1.54) is 4.90 Å². The first kappa shape index (κ1) is 17.7. The number of carbonyl (C=O) groups is 2. The van der Waals surface area contributed by atoms with Crippen LogP contribution in [0.2, 0.25) is 0 Å². The molecule has 0 heterocycles. The molecule has 3 N–H and O–H groups in total. The van der Waals surface area contributed by atoms with Crippen LogP contribution in [0.25, 0.3) is 0 Å². The Balaban J connectivity index is 3.55. The van der Waals surface area contributed by atoms with Crippen LogP contribution >= 0.6 is 0 Å². The van der Waals surface area contributed by atoms with Gasteiger partial charge < -0.3 is 20.4 Å². The van der Waals surface area contributed by atoms with Crippen molar-refractivity contribution in [1.29, 1.82) is 0 Å². The third-order valence-electron chi connectivity index (χ3n) is 2.56. The third kappa shape index (κ3) is 11.5. The van der Waals surface area contributed by atoms with Crippen molar-refractivity contribution in [2.45, 2.75) is 51.6 Å². The average Bonchev–Trinajstić information content (AvgIpc) is 2.24. The summed E-state index contributed by atoms with van der Waals surface area (Å²) in [5.74, 6) is -0.762. The fourth-order valence-corrected chi connectivity index (χ4v) is 1.74. The molecule has 0 spiro atoms. The highest BCUT2D eigenvalue weighted by atomic mass is 16.4. The molecule has 0 saturated carbocycles. The summed E-state index contributed by atoms with van der Waals surface area (Å²) in [5, 5.41) is 20.8. The number of hydrogen-bond donors (Lipinski definition) is 3. The summed E-state index contributed by atoms with van der Waals surface area (Å²) in [6, 6.07) is -0.201. The standard InChI is InChI=1S/C13H26N2O4/c1-13(2,19)10-15(3)12(18)14-9-7-5-4-6-8-11(16)17/h19H,4-10H2,1-3H3,(H,14,18)(H,16,17). The molecule has 0 saturated heterocycles. The van der Waals surface area contributed by atoms with Crippen molar-refractivity contribution < 1.29 is 19.8 Å². The van der Waals surface area contributed by atoms with Crippen molar-refractivity contribution in [3.8, 4) is 0 Å². The molecule has 0 unspecified atom stereocenters. The predicted octanol–water partition coefficient (Wildman–Crippen LogP) is 1.43. The van der Waals surface area contributed by atoms with Gasteiger partial charge in [0.15, 0.2) is 0 Å². The Morgan fingerprint density at radius 2 is 1.74 bits per heavy atom. The Kier molecular flexibility index (Phi) is 8.14. The van der Waals surface area contributed by atoms with E-state index in [9.17, 15) is 14.7 Å². The smallest absolute Gasteiger partial charge is 0.317 e. The summed E-state index contributed by atoms with van der Waals surface area (Å²) < 4.78 is 0. The minimum atomic E-state index is -0.900. The van der Waals surface area contributed by atoms with E-state index in [1.807, 2.05) is 0 Å². The van der Waals surface area contributed by atoms with Gasteiger partial charge in [-0.15, -0.1) is 0 Å². The van der Waals surface area contributed by atoms with E-state index < -0.39 is 11.6 Å². The van der Waals surface area contributed by atoms with Gasteiger partial charge in [0, 0.05) is 20.0 Å². The summed E-state index contributed by atoms with van der Waals surface area (Å²) in [6.45, 7) is 4.15. The number of rotatable bonds is 9.